The standard InChI is InChI=1S/C14H22N4O2.2ClH/c1-11-7-17-12(8-16-11)13(19)18-9-14(10-20-2)3-5-15-6-4-14;;/h7-8,15H,3-6,9-10H2,1-2H3,(H,18,19);2*1H. The van der Waals surface area contributed by atoms with Crippen LogP contribution in [0, 0.1) is 12.3 Å². The Hall–Kier alpha value is -0.950. The summed E-state index contributed by atoms with van der Waals surface area (Å²) in [7, 11) is 1.71. The number of nitrogens with one attached hydrogen (secondary N) is 2. The van der Waals surface area contributed by atoms with E-state index in [9.17, 15) is 4.79 Å². The van der Waals surface area contributed by atoms with Gasteiger partial charge in [0.1, 0.15) is 5.69 Å². The van der Waals surface area contributed by atoms with Gasteiger partial charge in [-0.25, -0.2) is 4.98 Å². The number of aryl methyl sites for hydroxylation is 1. The van der Waals surface area contributed by atoms with Crippen LogP contribution in [-0.2, 0) is 4.74 Å². The number of aromatic nitrogens is 2. The quantitative estimate of drug-likeness (QED) is 0.838. The van der Waals surface area contributed by atoms with Crippen LogP contribution in [-0.4, -0.2) is 49.2 Å². The average molecular weight is 351 g/mol. The minimum atomic E-state index is -0.175. The maximum atomic E-state index is 12.1. The highest BCUT2D eigenvalue weighted by Gasteiger charge is 2.32. The number of ether oxygens (including phenoxy) is 1. The molecule has 1 aliphatic rings. The number of hydrogen-bond donors (Lipinski definition) is 2. The molecule has 1 saturated heterocycles. The maximum Gasteiger partial charge on any atom is 0.271 e. The van der Waals surface area contributed by atoms with Crippen molar-refractivity contribution in [3.8, 4) is 0 Å². The van der Waals surface area contributed by atoms with Crippen LogP contribution < -0.4 is 10.6 Å². The Balaban J connectivity index is 0.00000220. The fourth-order valence-electron chi connectivity index (χ4n) is 2.50. The minimum Gasteiger partial charge on any atom is -0.384 e. The molecule has 1 aromatic rings. The molecule has 0 radical (unpaired) electrons. The van der Waals surface area contributed by atoms with Gasteiger partial charge >= 0.3 is 0 Å². The first-order valence-corrected chi connectivity index (χ1v) is 6.92. The Morgan fingerprint density at radius 2 is 2.00 bits per heavy atom. The number of methoxy groups -OCH3 is 1. The van der Waals surface area contributed by atoms with E-state index in [4.69, 9.17) is 4.74 Å². The molecule has 0 aromatic carbocycles. The predicted octanol–water partition coefficient (Wildman–Crippen LogP) is 1.37. The molecule has 2 rings (SSSR count). The molecule has 0 bridgehead atoms. The lowest BCUT2D eigenvalue weighted by Gasteiger charge is -2.37. The van der Waals surface area contributed by atoms with Crippen LogP contribution in [0.2, 0.25) is 0 Å². The molecule has 6 nitrogen and oxygen atoms in total. The normalized spacial score (nSPS) is 16.1. The number of halogens is 2. The highest BCUT2D eigenvalue weighted by atomic mass is 35.5. The van der Waals surface area contributed by atoms with E-state index in [0.717, 1.165) is 31.6 Å². The first kappa shape index (κ1) is 21.0. The van der Waals surface area contributed by atoms with Crippen LogP contribution in [0.25, 0.3) is 0 Å². The SMILES string of the molecule is COCC1(CNC(=O)c2cnc(C)cn2)CCNCC1.Cl.Cl. The lowest BCUT2D eigenvalue weighted by molar-refractivity contribution is 0.0510. The van der Waals surface area contributed by atoms with Crippen LogP contribution in [0.3, 0.4) is 0 Å². The van der Waals surface area contributed by atoms with Crippen molar-refractivity contribution in [1.82, 2.24) is 20.6 Å². The Morgan fingerprint density at radius 1 is 1.32 bits per heavy atom. The van der Waals surface area contributed by atoms with Gasteiger partial charge in [0.2, 0.25) is 0 Å². The highest BCUT2D eigenvalue weighted by molar-refractivity contribution is 5.91. The summed E-state index contributed by atoms with van der Waals surface area (Å²) < 4.78 is 5.33. The van der Waals surface area contributed by atoms with Gasteiger partial charge in [0, 0.05) is 25.3 Å². The van der Waals surface area contributed by atoms with Crippen molar-refractivity contribution < 1.29 is 9.53 Å². The largest absolute Gasteiger partial charge is 0.384 e. The summed E-state index contributed by atoms with van der Waals surface area (Å²) in [5.41, 5.74) is 1.18. The number of hydrogen-bond acceptors (Lipinski definition) is 5. The van der Waals surface area contributed by atoms with E-state index in [-0.39, 0.29) is 36.1 Å². The molecule has 1 aliphatic heterocycles. The van der Waals surface area contributed by atoms with Gasteiger partial charge in [0.15, 0.2) is 0 Å². The molecule has 0 saturated carbocycles. The van der Waals surface area contributed by atoms with E-state index in [0.29, 0.717) is 18.8 Å². The second-order valence-electron chi connectivity index (χ2n) is 5.41. The first-order valence-electron chi connectivity index (χ1n) is 6.92. The second-order valence-corrected chi connectivity index (χ2v) is 5.41. The Labute approximate surface area is 143 Å². The molecule has 2 N–H and O–H groups in total. The van der Waals surface area contributed by atoms with E-state index in [1.54, 1.807) is 13.3 Å². The second kappa shape index (κ2) is 9.94. The fourth-order valence-corrected chi connectivity index (χ4v) is 2.50. The molecule has 1 amide bonds. The Kier molecular flexibility index (Phi) is 9.51. The smallest absolute Gasteiger partial charge is 0.271 e. The minimum absolute atomic E-state index is 0. The number of amides is 1. The summed E-state index contributed by atoms with van der Waals surface area (Å²) in [5, 5.41) is 6.30. The number of nitrogens with zero attached hydrogens (tertiary/aromatic N) is 2. The van der Waals surface area contributed by atoms with E-state index in [1.165, 1.54) is 6.20 Å². The number of carbonyl (C=O) groups excluding carboxylic acids is 1. The maximum absolute atomic E-state index is 12.1. The monoisotopic (exact) mass is 350 g/mol. The summed E-state index contributed by atoms with van der Waals surface area (Å²) in [5.74, 6) is -0.175. The lowest BCUT2D eigenvalue weighted by atomic mass is 9.79. The molecule has 1 aromatic heterocycles. The molecule has 0 aliphatic carbocycles. The van der Waals surface area contributed by atoms with E-state index in [1.807, 2.05) is 6.92 Å². The molecular weight excluding hydrogens is 327 g/mol. The van der Waals surface area contributed by atoms with Gasteiger partial charge in [-0.1, -0.05) is 0 Å². The third-order valence-electron chi connectivity index (χ3n) is 3.75. The van der Waals surface area contributed by atoms with Crippen LogP contribution in [0.4, 0.5) is 0 Å². The van der Waals surface area contributed by atoms with Crippen LogP contribution >= 0.6 is 24.8 Å². The fraction of sp³-hybridized carbons (Fsp3) is 0.643. The van der Waals surface area contributed by atoms with Gasteiger partial charge in [-0.2, -0.15) is 0 Å². The van der Waals surface area contributed by atoms with Gasteiger partial charge in [-0.3, -0.25) is 9.78 Å². The molecule has 8 heteroatoms. The van der Waals surface area contributed by atoms with Gasteiger partial charge < -0.3 is 15.4 Å². The van der Waals surface area contributed by atoms with E-state index < -0.39 is 0 Å². The topological polar surface area (TPSA) is 76.1 Å². The zero-order valence-corrected chi connectivity index (χ0v) is 14.6. The van der Waals surface area contributed by atoms with Gasteiger partial charge in [-0.05, 0) is 32.9 Å². The van der Waals surface area contributed by atoms with Crippen LogP contribution in [0.1, 0.15) is 29.0 Å². The van der Waals surface area contributed by atoms with E-state index in [2.05, 4.69) is 20.6 Å². The predicted molar refractivity (Wildman–Crippen MR) is 90.0 cm³/mol. The number of carbonyl (C=O) groups is 1. The summed E-state index contributed by atoms with van der Waals surface area (Å²) in [6.45, 7) is 5.04. The lowest BCUT2D eigenvalue weighted by Crippen LogP contribution is -2.47. The van der Waals surface area contributed by atoms with Crippen LogP contribution in [0.15, 0.2) is 12.4 Å². The number of rotatable bonds is 5. The molecule has 1 fully saturated rings. The first-order chi connectivity index (χ1) is 9.65. The van der Waals surface area contributed by atoms with Crippen molar-refractivity contribution >= 4 is 30.7 Å². The van der Waals surface area contributed by atoms with Crippen molar-refractivity contribution in [2.75, 3.05) is 33.4 Å². The zero-order valence-electron chi connectivity index (χ0n) is 12.9. The van der Waals surface area contributed by atoms with Crippen molar-refractivity contribution in [3.05, 3.63) is 23.8 Å². The van der Waals surface area contributed by atoms with Crippen molar-refractivity contribution in [2.24, 2.45) is 5.41 Å². The van der Waals surface area contributed by atoms with Crippen molar-refractivity contribution in [3.63, 3.8) is 0 Å². The molecule has 0 unspecified atom stereocenters. The summed E-state index contributed by atoms with van der Waals surface area (Å²) in [6, 6.07) is 0. The van der Waals surface area contributed by atoms with Crippen molar-refractivity contribution in [1.29, 1.82) is 0 Å². The Morgan fingerprint density at radius 3 is 2.55 bits per heavy atom. The molecule has 2 heterocycles. The number of piperidine rings is 1. The third kappa shape index (κ3) is 5.68. The van der Waals surface area contributed by atoms with E-state index >= 15 is 0 Å². The molecular formula is C14H24Cl2N4O2. The zero-order chi connectivity index (χ0) is 14.4. The average Bonchev–Trinajstić information content (AvgIpc) is 2.47. The van der Waals surface area contributed by atoms with Crippen LogP contribution in [0.5, 0.6) is 0 Å². The summed E-state index contributed by atoms with van der Waals surface area (Å²) >= 11 is 0. The molecule has 0 spiro atoms. The van der Waals surface area contributed by atoms with Gasteiger partial charge in [0.05, 0.1) is 18.5 Å². The molecule has 0 atom stereocenters. The van der Waals surface area contributed by atoms with Crippen molar-refractivity contribution in [2.45, 2.75) is 19.8 Å². The summed E-state index contributed by atoms with van der Waals surface area (Å²) in [4.78, 5) is 20.3. The molecule has 126 valence electrons. The van der Waals surface area contributed by atoms with Gasteiger partial charge in [0.25, 0.3) is 5.91 Å². The third-order valence-corrected chi connectivity index (χ3v) is 3.75. The Bertz CT molecular complexity index is 445. The molecule has 22 heavy (non-hydrogen) atoms. The highest BCUT2D eigenvalue weighted by Crippen LogP contribution is 2.28. The summed E-state index contributed by atoms with van der Waals surface area (Å²) in [6.07, 6.45) is 5.11. The van der Waals surface area contributed by atoms with Gasteiger partial charge in [-0.15, -0.1) is 24.8 Å².